The first-order valence-electron chi connectivity index (χ1n) is 8.10. The molecule has 0 bridgehead atoms. The van der Waals surface area contributed by atoms with E-state index in [1.54, 1.807) is 0 Å². The topological polar surface area (TPSA) is 30.7 Å². The van der Waals surface area contributed by atoms with Crippen molar-refractivity contribution in [1.29, 1.82) is 0 Å². The van der Waals surface area contributed by atoms with Crippen molar-refractivity contribution in [3.8, 4) is 16.9 Å². The minimum absolute atomic E-state index is 0.885. The molecule has 3 heteroatoms. The highest BCUT2D eigenvalue weighted by molar-refractivity contribution is 5.77. The van der Waals surface area contributed by atoms with E-state index in [1.807, 2.05) is 18.5 Å². The molecule has 0 spiro atoms. The zero-order chi connectivity index (χ0) is 16.7. The maximum Gasteiger partial charge on any atom is 0.163 e. The SMILES string of the molecule is Cc1ccc(-n2ccc3ncc(-c4cc(C)cc(C)c4)nc32)cc1. The molecule has 0 amide bonds. The second kappa shape index (κ2) is 5.60. The lowest BCUT2D eigenvalue weighted by molar-refractivity contribution is 1.08. The van der Waals surface area contributed by atoms with Crippen molar-refractivity contribution < 1.29 is 0 Å². The standard InChI is InChI=1S/C21H19N3/c1-14-4-6-18(7-5-14)24-9-8-19-21(24)23-20(13-22-19)17-11-15(2)10-16(3)12-17/h4-13H,1-3H3. The lowest BCUT2D eigenvalue weighted by Crippen LogP contribution is -1.96. The first-order chi connectivity index (χ1) is 11.6. The van der Waals surface area contributed by atoms with Crippen molar-refractivity contribution in [3.05, 3.63) is 77.6 Å². The van der Waals surface area contributed by atoms with Crippen LogP contribution in [0, 0.1) is 20.8 Å². The summed E-state index contributed by atoms with van der Waals surface area (Å²) in [4.78, 5) is 9.48. The van der Waals surface area contributed by atoms with Crippen LogP contribution in [0.5, 0.6) is 0 Å². The molecule has 0 saturated heterocycles. The van der Waals surface area contributed by atoms with Gasteiger partial charge in [0.2, 0.25) is 0 Å². The van der Waals surface area contributed by atoms with Gasteiger partial charge < -0.3 is 0 Å². The molecule has 0 N–H and O–H groups in total. The van der Waals surface area contributed by atoms with Gasteiger partial charge in [-0.1, -0.05) is 34.9 Å². The molecule has 2 heterocycles. The Morgan fingerprint density at radius 3 is 2.21 bits per heavy atom. The molecule has 0 fully saturated rings. The third-order valence-electron chi connectivity index (χ3n) is 4.22. The summed E-state index contributed by atoms with van der Waals surface area (Å²) in [6.07, 6.45) is 3.89. The van der Waals surface area contributed by atoms with Gasteiger partial charge in [-0.25, -0.2) is 4.98 Å². The Hall–Kier alpha value is -2.94. The lowest BCUT2D eigenvalue weighted by atomic mass is 10.1. The van der Waals surface area contributed by atoms with Gasteiger partial charge in [0.15, 0.2) is 5.65 Å². The summed E-state index contributed by atoms with van der Waals surface area (Å²) in [6.45, 7) is 6.31. The van der Waals surface area contributed by atoms with E-state index in [4.69, 9.17) is 4.98 Å². The second-order valence-electron chi connectivity index (χ2n) is 6.36. The number of hydrogen-bond acceptors (Lipinski definition) is 2. The molecule has 2 aromatic carbocycles. The van der Waals surface area contributed by atoms with Crippen LogP contribution in [0.4, 0.5) is 0 Å². The molecular formula is C21H19N3. The molecule has 0 saturated carbocycles. The second-order valence-corrected chi connectivity index (χ2v) is 6.36. The Bertz CT molecular complexity index is 1010. The van der Waals surface area contributed by atoms with Gasteiger partial charge >= 0.3 is 0 Å². The van der Waals surface area contributed by atoms with Crippen LogP contribution < -0.4 is 0 Å². The number of nitrogens with zero attached hydrogens (tertiary/aromatic N) is 3. The van der Waals surface area contributed by atoms with E-state index in [0.717, 1.165) is 28.1 Å². The van der Waals surface area contributed by atoms with Crippen LogP contribution in [-0.4, -0.2) is 14.5 Å². The highest BCUT2D eigenvalue weighted by Crippen LogP contribution is 2.24. The largest absolute Gasteiger partial charge is 0.300 e. The summed E-state index contributed by atoms with van der Waals surface area (Å²) < 4.78 is 2.09. The fourth-order valence-corrected chi connectivity index (χ4v) is 3.07. The van der Waals surface area contributed by atoms with Gasteiger partial charge in [-0.2, -0.15) is 0 Å². The average Bonchev–Trinajstić information content (AvgIpc) is 2.98. The smallest absolute Gasteiger partial charge is 0.163 e. The van der Waals surface area contributed by atoms with Crippen LogP contribution in [-0.2, 0) is 0 Å². The Balaban J connectivity index is 1.88. The molecule has 3 nitrogen and oxygen atoms in total. The van der Waals surface area contributed by atoms with Gasteiger partial charge in [-0.3, -0.25) is 9.55 Å². The Labute approximate surface area is 141 Å². The molecule has 24 heavy (non-hydrogen) atoms. The van der Waals surface area contributed by atoms with E-state index in [-0.39, 0.29) is 0 Å². The Kier molecular flexibility index (Phi) is 3.42. The summed E-state index contributed by atoms with van der Waals surface area (Å²) in [5.74, 6) is 0. The van der Waals surface area contributed by atoms with Crippen LogP contribution in [0.25, 0.3) is 28.1 Å². The first-order valence-corrected chi connectivity index (χ1v) is 8.10. The van der Waals surface area contributed by atoms with Crippen LogP contribution >= 0.6 is 0 Å². The fraction of sp³-hybridized carbons (Fsp3) is 0.143. The molecule has 4 aromatic rings. The van der Waals surface area contributed by atoms with Crippen molar-refractivity contribution in [2.75, 3.05) is 0 Å². The normalized spacial score (nSPS) is 11.1. The monoisotopic (exact) mass is 313 g/mol. The minimum Gasteiger partial charge on any atom is -0.300 e. The third kappa shape index (κ3) is 2.58. The van der Waals surface area contributed by atoms with Crippen molar-refractivity contribution in [1.82, 2.24) is 14.5 Å². The molecule has 2 aromatic heterocycles. The highest BCUT2D eigenvalue weighted by Gasteiger charge is 2.09. The maximum atomic E-state index is 4.89. The third-order valence-corrected chi connectivity index (χ3v) is 4.22. The zero-order valence-corrected chi connectivity index (χ0v) is 14.1. The predicted octanol–water partition coefficient (Wildman–Crippen LogP) is 5.01. The fourth-order valence-electron chi connectivity index (χ4n) is 3.07. The molecule has 0 aliphatic carbocycles. The van der Waals surface area contributed by atoms with Gasteiger partial charge in [0.1, 0.15) is 5.52 Å². The van der Waals surface area contributed by atoms with Crippen molar-refractivity contribution in [3.63, 3.8) is 0 Å². The van der Waals surface area contributed by atoms with Crippen molar-refractivity contribution in [2.45, 2.75) is 20.8 Å². The maximum absolute atomic E-state index is 4.89. The molecule has 0 aliphatic heterocycles. The van der Waals surface area contributed by atoms with Gasteiger partial charge in [-0.15, -0.1) is 0 Å². The molecule has 0 radical (unpaired) electrons. The summed E-state index contributed by atoms with van der Waals surface area (Å²) >= 11 is 0. The average molecular weight is 313 g/mol. The van der Waals surface area contributed by atoms with E-state index in [2.05, 4.69) is 72.8 Å². The Morgan fingerprint density at radius 2 is 1.50 bits per heavy atom. The predicted molar refractivity (Wildman–Crippen MR) is 98.5 cm³/mol. The van der Waals surface area contributed by atoms with E-state index in [0.29, 0.717) is 0 Å². The number of hydrogen-bond donors (Lipinski definition) is 0. The number of rotatable bonds is 2. The van der Waals surface area contributed by atoms with Crippen LogP contribution in [0.3, 0.4) is 0 Å². The molecule has 0 atom stereocenters. The zero-order valence-electron chi connectivity index (χ0n) is 14.1. The molecule has 0 unspecified atom stereocenters. The summed E-state index contributed by atoms with van der Waals surface area (Å²) in [5.41, 5.74) is 8.63. The molecule has 4 rings (SSSR count). The Morgan fingerprint density at radius 1 is 0.792 bits per heavy atom. The number of benzene rings is 2. The first kappa shape index (κ1) is 14.6. The van der Waals surface area contributed by atoms with Crippen LogP contribution in [0.15, 0.2) is 60.9 Å². The number of aryl methyl sites for hydroxylation is 3. The number of aromatic nitrogens is 3. The van der Waals surface area contributed by atoms with Gasteiger partial charge in [-0.05, 0) is 51.1 Å². The van der Waals surface area contributed by atoms with Crippen LogP contribution in [0.1, 0.15) is 16.7 Å². The summed E-state index contributed by atoms with van der Waals surface area (Å²) in [5, 5.41) is 0. The highest BCUT2D eigenvalue weighted by atomic mass is 15.1. The molecule has 0 aliphatic rings. The minimum atomic E-state index is 0.885. The number of fused-ring (bicyclic) bond motifs is 1. The van der Waals surface area contributed by atoms with Crippen molar-refractivity contribution in [2.24, 2.45) is 0 Å². The quantitative estimate of drug-likeness (QED) is 0.520. The summed E-state index contributed by atoms with van der Waals surface area (Å²) in [7, 11) is 0. The molecular weight excluding hydrogens is 294 g/mol. The molecule has 118 valence electrons. The lowest BCUT2D eigenvalue weighted by Gasteiger charge is -2.08. The van der Waals surface area contributed by atoms with Crippen molar-refractivity contribution >= 4 is 11.2 Å². The summed E-state index contributed by atoms with van der Waals surface area (Å²) in [6, 6.07) is 16.9. The van der Waals surface area contributed by atoms with Gasteiger partial charge in [0.05, 0.1) is 11.9 Å². The van der Waals surface area contributed by atoms with E-state index in [1.165, 1.54) is 16.7 Å². The van der Waals surface area contributed by atoms with E-state index >= 15 is 0 Å². The van der Waals surface area contributed by atoms with Gasteiger partial charge in [0, 0.05) is 17.4 Å². The van der Waals surface area contributed by atoms with E-state index in [9.17, 15) is 0 Å². The van der Waals surface area contributed by atoms with Crippen LogP contribution in [0.2, 0.25) is 0 Å². The van der Waals surface area contributed by atoms with Gasteiger partial charge in [0.25, 0.3) is 0 Å². The van der Waals surface area contributed by atoms with E-state index < -0.39 is 0 Å².